The zero-order chi connectivity index (χ0) is 50.8. The van der Waals surface area contributed by atoms with Crippen LogP contribution in [0.4, 0.5) is 17.1 Å². The monoisotopic (exact) mass is 993 g/mol. The minimum atomic E-state index is -0.744. The summed E-state index contributed by atoms with van der Waals surface area (Å²) in [5.41, 5.74) is 23.5. The Bertz CT molecular complexity index is 5020. The molecule has 1 atom stereocenters. The van der Waals surface area contributed by atoms with Crippen LogP contribution < -0.4 is 9.64 Å². The van der Waals surface area contributed by atoms with E-state index in [0.717, 1.165) is 84.0 Å². The fourth-order valence-electron chi connectivity index (χ4n) is 14.3. The van der Waals surface area contributed by atoms with Crippen LogP contribution in [0.1, 0.15) is 22.3 Å². The topological polar surface area (TPSA) is 35.5 Å². The zero-order valence-corrected chi connectivity index (χ0v) is 42.0. The average molecular weight is 994 g/mol. The van der Waals surface area contributed by atoms with Gasteiger partial charge in [-0.15, -0.1) is 0 Å². The Morgan fingerprint density at radius 2 is 0.833 bits per heavy atom. The van der Waals surface area contributed by atoms with Crippen LogP contribution in [-0.4, -0.2) is 9.13 Å². The number of anilines is 3. The van der Waals surface area contributed by atoms with Crippen molar-refractivity contribution < 1.29 is 9.15 Å². The third kappa shape index (κ3) is 5.34. The highest BCUT2D eigenvalue weighted by molar-refractivity contribution is 6.20. The number of furan rings is 1. The van der Waals surface area contributed by atoms with Crippen molar-refractivity contribution in [2.24, 2.45) is 0 Å². The lowest BCUT2D eigenvalue weighted by Crippen LogP contribution is -2.27. The van der Waals surface area contributed by atoms with E-state index in [2.05, 4.69) is 257 Å². The van der Waals surface area contributed by atoms with Crippen molar-refractivity contribution in [1.82, 2.24) is 9.13 Å². The lowest BCUT2D eigenvalue weighted by Gasteiger charge is -2.32. The van der Waals surface area contributed by atoms with Crippen LogP contribution in [0.25, 0.3) is 110 Å². The highest BCUT2D eigenvalue weighted by atomic mass is 16.5. The first kappa shape index (κ1) is 41.9. The van der Waals surface area contributed by atoms with Gasteiger partial charge in [0.25, 0.3) is 0 Å². The van der Waals surface area contributed by atoms with Crippen molar-refractivity contribution in [3.8, 4) is 56.3 Å². The molecule has 12 aromatic carbocycles. The Hall–Kier alpha value is -10.4. The maximum absolute atomic E-state index is 6.69. The Morgan fingerprint density at radius 3 is 1.47 bits per heavy atom. The molecule has 18 rings (SSSR count). The van der Waals surface area contributed by atoms with E-state index in [1.54, 1.807) is 0 Å². The first-order valence-corrected chi connectivity index (χ1v) is 26.8. The highest BCUT2D eigenvalue weighted by Gasteiger charge is 2.55. The molecular formula is C73H43N3O2. The Morgan fingerprint density at radius 1 is 0.321 bits per heavy atom. The number of benzene rings is 12. The van der Waals surface area contributed by atoms with Crippen molar-refractivity contribution in [2.45, 2.75) is 5.41 Å². The molecule has 78 heavy (non-hydrogen) atoms. The summed E-state index contributed by atoms with van der Waals surface area (Å²) >= 11 is 0. The lowest BCUT2D eigenvalue weighted by atomic mass is 9.69. The number of aromatic nitrogens is 2. The summed E-state index contributed by atoms with van der Waals surface area (Å²) in [6.07, 6.45) is 0. The maximum Gasteiger partial charge on any atom is 0.151 e. The molecule has 15 aromatic rings. The van der Waals surface area contributed by atoms with Crippen molar-refractivity contribution >= 4 is 82.6 Å². The molecule has 0 fully saturated rings. The number of fused-ring (bicyclic) bond motifs is 23. The molecule has 0 saturated heterocycles. The molecule has 0 radical (unpaired) electrons. The number of rotatable bonds is 4. The number of hydrogen-bond acceptors (Lipinski definition) is 3. The van der Waals surface area contributed by atoms with Crippen LogP contribution in [0.2, 0.25) is 0 Å². The minimum absolute atomic E-state index is 0.744. The molecule has 0 saturated carbocycles. The second-order valence-electron chi connectivity index (χ2n) is 21.0. The molecule has 0 amide bonds. The zero-order valence-electron chi connectivity index (χ0n) is 42.0. The molecule has 4 heterocycles. The second kappa shape index (κ2) is 15.4. The van der Waals surface area contributed by atoms with Crippen LogP contribution >= 0.6 is 0 Å². The van der Waals surface area contributed by atoms with Gasteiger partial charge in [-0.3, -0.25) is 0 Å². The van der Waals surface area contributed by atoms with Crippen molar-refractivity contribution in [1.29, 1.82) is 0 Å². The van der Waals surface area contributed by atoms with Crippen LogP contribution in [-0.2, 0) is 5.41 Å². The summed E-state index contributed by atoms with van der Waals surface area (Å²) < 4.78 is 18.3. The summed E-state index contributed by atoms with van der Waals surface area (Å²) in [7, 11) is 0. The number of para-hydroxylation sites is 8. The third-order valence-corrected chi connectivity index (χ3v) is 17.3. The predicted octanol–water partition coefficient (Wildman–Crippen LogP) is 19.4. The SMILES string of the molecule is c1ccc(-n2c3ccc(-c4cccc5c4oc4ccccc45)cc3c3ccc4c(c32)C2(c3ccccc3-4)c3ccccc3-c3ccc4c5cc(N6c7ccccc7Oc7ccccc76)ccc5n(-c5ccccc5)c4c32)cc1. The third-order valence-electron chi connectivity index (χ3n) is 17.3. The van der Waals surface area contributed by atoms with Gasteiger partial charge in [0.15, 0.2) is 11.5 Å². The van der Waals surface area contributed by atoms with Gasteiger partial charge in [-0.25, -0.2) is 0 Å². The number of nitrogens with zero attached hydrogens (tertiary/aromatic N) is 3. The van der Waals surface area contributed by atoms with E-state index in [4.69, 9.17) is 9.15 Å². The minimum Gasteiger partial charge on any atom is -0.455 e. The van der Waals surface area contributed by atoms with Crippen LogP contribution in [0.3, 0.4) is 0 Å². The molecule has 362 valence electrons. The van der Waals surface area contributed by atoms with Gasteiger partial charge in [0.05, 0.1) is 38.9 Å². The van der Waals surface area contributed by atoms with Gasteiger partial charge in [-0.05, 0) is 124 Å². The molecule has 5 heteroatoms. The first-order chi connectivity index (χ1) is 38.7. The normalized spacial score (nSPS) is 14.8. The van der Waals surface area contributed by atoms with Gasteiger partial charge in [-0.2, -0.15) is 0 Å². The molecule has 1 unspecified atom stereocenters. The average Bonchev–Trinajstić information content (AvgIpc) is 4.48. The van der Waals surface area contributed by atoms with Gasteiger partial charge >= 0.3 is 0 Å². The smallest absolute Gasteiger partial charge is 0.151 e. The molecule has 1 spiro atoms. The van der Waals surface area contributed by atoms with Crippen molar-refractivity contribution in [3.05, 3.63) is 283 Å². The summed E-state index contributed by atoms with van der Waals surface area (Å²) in [4.78, 5) is 2.36. The summed E-state index contributed by atoms with van der Waals surface area (Å²) in [6, 6.07) is 95.8. The molecule has 5 nitrogen and oxygen atoms in total. The second-order valence-corrected chi connectivity index (χ2v) is 21.0. The fraction of sp³-hybridized carbons (Fsp3) is 0.0137. The molecule has 3 aliphatic rings. The quantitative estimate of drug-likeness (QED) is 0.176. The van der Waals surface area contributed by atoms with E-state index >= 15 is 0 Å². The van der Waals surface area contributed by atoms with E-state index < -0.39 is 5.41 Å². The molecule has 1 aliphatic heterocycles. The summed E-state index contributed by atoms with van der Waals surface area (Å²) in [6.45, 7) is 0. The fourth-order valence-corrected chi connectivity index (χ4v) is 14.3. The van der Waals surface area contributed by atoms with E-state index in [1.165, 1.54) is 77.1 Å². The molecule has 2 aliphatic carbocycles. The van der Waals surface area contributed by atoms with Crippen molar-refractivity contribution in [3.63, 3.8) is 0 Å². The molecule has 0 N–H and O–H groups in total. The Balaban J connectivity index is 0.979. The molecule has 0 bridgehead atoms. The van der Waals surface area contributed by atoms with Crippen molar-refractivity contribution in [2.75, 3.05) is 4.90 Å². The van der Waals surface area contributed by atoms with E-state index in [9.17, 15) is 0 Å². The molecular weight excluding hydrogens is 951 g/mol. The first-order valence-electron chi connectivity index (χ1n) is 26.8. The van der Waals surface area contributed by atoms with E-state index in [-0.39, 0.29) is 0 Å². The van der Waals surface area contributed by atoms with Crippen LogP contribution in [0.15, 0.2) is 265 Å². The van der Waals surface area contributed by atoms with Gasteiger partial charge in [-0.1, -0.05) is 176 Å². The van der Waals surface area contributed by atoms with Crippen LogP contribution in [0, 0.1) is 0 Å². The summed E-state index contributed by atoms with van der Waals surface area (Å²) in [5.74, 6) is 1.66. The standard InChI is InChI=1S/C73H43N3O2/c1-3-18-45(19-4-1)75-61-40-34-44(48-25-17-26-56-51-24-9-14-31-65(51)78-72(48)56)42-57(61)54-38-36-52-49-22-7-10-27-59(49)73(68(52)70(54)75)60-28-11-8-23-50(60)53-37-39-55-58-43-47(35-41-62(58)76(71(55)69(53)73)46-20-5-2-6-21-46)74-63-29-12-15-32-66(63)77-67-33-16-13-30-64(67)74/h1-43H. The maximum atomic E-state index is 6.69. The molecule has 3 aromatic heterocycles. The van der Waals surface area contributed by atoms with Gasteiger partial charge in [0, 0.05) is 66.1 Å². The van der Waals surface area contributed by atoms with E-state index in [1.807, 2.05) is 18.2 Å². The highest BCUT2D eigenvalue weighted by Crippen LogP contribution is 2.66. The van der Waals surface area contributed by atoms with E-state index in [0.29, 0.717) is 0 Å². The summed E-state index contributed by atoms with van der Waals surface area (Å²) in [5, 5.41) is 7.02. The van der Waals surface area contributed by atoms with Crippen LogP contribution in [0.5, 0.6) is 11.5 Å². The lowest BCUT2D eigenvalue weighted by molar-refractivity contribution is 0.477. The van der Waals surface area contributed by atoms with Gasteiger partial charge in [0.2, 0.25) is 0 Å². The Kier molecular flexibility index (Phi) is 8.27. The largest absolute Gasteiger partial charge is 0.455 e. The number of ether oxygens (including phenoxy) is 1. The predicted molar refractivity (Wildman–Crippen MR) is 319 cm³/mol. The van der Waals surface area contributed by atoms with Gasteiger partial charge < -0.3 is 23.2 Å². The number of hydrogen-bond donors (Lipinski definition) is 0. The Labute approximate surface area is 448 Å². The van der Waals surface area contributed by atoms with Gasteiger partial charge in [0.1, 0.15) is 11.2 Å².